The van der Waals surface area contributed by atoms with Crippen LogP contribution in [0.1, 0.15) is 5.56 Å². The molecule has 1 aliphatic heterocycles. The number of para-hydroxylation sites is 1. The Hall–Kier alpha value is -1.10. The van der Waals surface area contributed by atoms with Gasteiger partial charge in [0.2, 0.25) is 0 Å². The lowest BCUT2D eigenvalue weighted by atomic mass is 10.2. The highest BCUT2D eigenvalue weighted by molar-refractivity contribution is 5.32. The number of rotatable bonds is 5. The lowest BCUT2D eigenvalue weighted by Gasteiger charge is -2.27. The zero-order valence-electron chi connectivity index (χ0n) is 11.1. The van der Waals surface area contributed by atoms with Crippen molar-refractivity contribution in [2.45, 2.75) is 6.61 Å². The van der Waals surface area contributed by atoms with Crippen molar-refractivity contribution in [2.75, 3.05) is 46.4 Å². The fourth-order valence-corrected chi connectivity index (χ4v) is 2.36. The molecule has 3 N–H and O–H groups in total. The van der Waals surface area contributed by atoms with E-state index in [9.17, 15) is 5.11 Å². The van der Waals surface area contributed by atoms with Crippen LogP contribution in [0.3, 0.4) is 0 Å². The van der Waals surface area contributed by atoms with E-state index in [-0.39, 0.29) is 6.61 Å². The molecule has 100 valence electrons. The average molecular weight is 252 g/mol. The minimum absolute atomic E-state index is 0.0426. The minimum atomic E-state index is 0.0426. The molecular weight excluding hydrogens is 228 g/mol. The molecule has 4 nitrogen and oxygen atoms in total. The fraction of sp³-hybridized carbons (Fsp3) is 0.571. The van der Waals surface area contributed by atoms with Gasteiger partial charge in [-0.3, -0.25) is 0 Å². The predicted molar refractivity (Wildman–Crippen MR) is 70.0 cm³/mol. The molecule has 2 rings (SSSR count). The van der Waals surface area contributed by atoms with Crippen LogP contribution in [0.2, 0.25) is 0 Å². The number of aliphatic hydroxyl groups is 1. The van der Waals surface area contributed by atoms with Gasteiger partial charge in [0.15, 0.2) is 0 Å². The summed E-state index contributed by atoms with van der Waals surface area (Å²) in [6.45, 7) is 6.79. The third-order valence-electron chi connectivity index (χ3n) is 3.67. The Balaban J connectivity index is 1.75. The van der Waals surface area contributed by atoms with E-state index in [1.807, 2.05) is 24.3 Å². The van der Waals surface area contributed by atoms with Crippen molar-refractivity contribution in [2.24, 2.45) is 0 Å². The standard InChI is InChI=1S/C14H22N2O2/c1-15-6-8-16(9-7-15)10-11-18-14-5-3-2-4-13(14)12-17/h2-5,17H,6-12H2,1H3/p+2. The van der Waals surface area contributed by atoms with Crippen LogP contribution in [0.5, 0.6) is 5.75 Å². The summed E-state index contributed by atoms with van der Waals surface area (Å²) in [4.78, 5) is 3.26. The lowest BCUT2D eigenvalue weighted by Crippen LogP contribution is -3.27. The SMILES string of the molecule is C[NH+]1CC[NH+](CCOc2ccccc2CO)CC1. The third kappa shape index (κ3) is 3.70. The first-order valence-electron chi connectivity index (χ1n) is 6.76. The second kappa shape index (κ2) is 6.73. The highest BCUT2D eigenvalue weighted by Gasteiger charge is 2.19. The normalized spacial score (nSPS) is 23.9. The highest BCUT2D eigenvalue weighted by atomic mass is 16.5. The number of nitrogens with one attached hydrogen (secondary N) is 2. The molecule has 0 aromatic heterocycles. The molecule has 1 aromatic rings. The van der Waals surface area contributed by atoms with Crippen LogP contribution in [0.25, 0.3) is 0 Å². The van der Waals surface area contributed by atoms with Crippen LogP contribution >= 0.6 is 0 Å². The van der Waals surface area contributed by atoms with Crippen LogP contribution < -0.4 is 14.5 Å². The summed E-state index contributed by atoms with van der Waals surface area (Å²) in [5.74, 6) is 0.819. The molecule has 0 atom stereocenters. The number of piperazine rings is 1. The van der Waals surface area contributed by atoms with Gasteiger partial charge in [0.1, 0.15) is 45.1 Å². The van der Waals surface area contributed by atoms with Gasteiger partial charge in [-0.15, -0.1) is 0 Å². The van der Waals surface area contributed by atoms with E-state index in [1.54, 1.807) is 9.80 Å². The summed E-state index contributed by atoms with van der Waals surface area (Å²) in [5.41, 5.74) is 0.871. The Morgan fingerprint density at radius 3 is 2.61 bits per heavy atom. The Labute approximate surface area is 109 Å². The van der Waals surface area contributed by atoms with E-state index in [0.717, 1.165) is 24.5 Å². The van der Waals surface area contributed by atoms with E-state index in [0.29, 0.717) is 0 Å². The summed E-state index contributed by atoms with van der Waals surface area (Å²) < 4.78 is 5.77. The predicted octanol–water partition coefficient (Wildman–Crippen LogP) is -2.03. The van der Waals surface area contributed by atoms with Gasteiger partial charge < -0.3 is 19.6 Å². The van der Waals surface area contributed by atoms with E-state index in [1.165, 1.54) is 26.2 Å². The molecule has 0 bridgehead atoms. The Bertz CT molecular complexity index is 363. The first kappa shape index (κ1) is 13.3. The monoisotopic (exact) mass is 252 g/mol. The first-order chi connectivity index (χ1) is 8.79. The summed E-state index contributed by atoms with van der Waals surface area (Å²) in [6.07, 6.45) is 0. The van der Waals surface area contributed by atoms with Gasteiger partial charge in [0, 0.05) is 5.56 Å². The fourth-order valence-electron chi connectivity index (χ4n) is 2.36. The van der Waals surface area contributed by atoms with E-state index >= 15 is 0 Å². The maximum Gasteiger partial charge on any atom is 0.137 e. The molecule has 0 saturated carbocycles. The maximum atomic E-state index is 9.21. The molecule has 0 spiro atoms. The molecule has 1 aromatic carbocycles. The van der Waals surface area contributed by atoms with Gasteiger partial charge in [0.25, 0.3) is 0 Å². The first-order valence-corrected chi connectivity index (χ1v) is 6.76. The molecule has 1 fully saturated rings. The molecule has 1 aliphatic rings. The number of ether oxygens (including phenoxy) is 1. The lowest BCUT2D eigenvalue weighted by molar-refractivity contribution is -1.00. The number of hydrogen-bond donors (Lipinski definition) is 3. The van der Waals surface area contributed by atoms with Gasteiger partial charge >= 0.3 is 0 Å². The highest BCUT2D eigenvalue weighted by Crippen LogP contribution is 2.16. The van der Waals surface area contributed by atoms with E-state index in [2.05, 4.69) is 7.05 Å². The second-order valence-corrected chi connectivity index (χ2v) is 5.07. The average Bonchev–Trinajstić information content (AvgIpc) is 2.41. The summed E-state index contributed by atoms with van der Waals surface area (Å²) >= 11 is 0. The number of likely N-dealkylation sites (N-methyl/N-ethyl adjacent to an activating group) is 1. The van der Waals surface area contributed by atoms with Crippen molar-refractivity contribution in [3.05, 3.63) is 29.8 Å². The molecule has 1 saturated heterocycles. The van der Waals surface area contributed by atoms with Crippen LogP contribution in [0.15, 0.2) is 24.3 Å². The molecule has 0 unspecified atom stereocenters. The largest absolute Gasteiger partial charge is 0.487 e. The topological polar surface area (TPSA) is 38.3 Å². The van der Waals surface area contributed by atoms with Gasteiger partial charge in [0.05, 0.1) is 13.7 Å². The van der Waals surface area contributed by atoms with Gasteiger partial charge in [-0.1, -0.05) is 18.2 Å². The number of aliphatic hydroxyl groups excluding tert-OH is 1. The third-order valence-corrected chi connectivity index (χ3v) is 3.67. The second-order valence-electron chi connectivity index (χ2n) is 5.07. The number of hydrogen-bond acceptors (Lipinski definition) is 2. The smallest absolute Gasteiger partial charge is 0.137 e. The van der Waals surface area contributed by atoms with Gasteiger partial charge in [-0.2, -0.15) is 0 Å². The van der Waals surface area contributed by atoms with Crippen molar-refractivity contribution in [3.8, 4) is 5.75 Å². The summed E-state index contributed by atoms with van der Waals surface area (Å²) in [7, 11) is 2.25. The Kier molecular flexibility index (Phi) is 4.99. The maximum absolute atomic E-state index is 9.21. The number of benzene rings is 1. The molecule has 0 radical (unpaired) electrons. The zero-order chi connectivity index (χ0) is 12.8. The molecule has 18 heavy (non-hydrogen) atoms. The van der Waals surface area contributed by atoms with Crippen molar-refractivity contribution in [3.63, 3.8) is 0 Å². The molecular formula is C14H24N2O2+2. The van der Waals surface area contributed by atoms with Crippen LogP contribution in [0, 0.1) is 0 Å². The van der Waals surface area contributed by atoms with Crippen molar-refractivity contribution in [1.29, 1.82) is 0 Å². The summed E-state index contributed by atoms with van der Waals surface area (Å²) in [5, 5.41) is 9.21. The van der Waals surface area contributed by atoms with Crippen molar-refractivity contribution < 1.29 is 19.6 Å². The van der Waals surface area contributed by atoms with Crippen LogP contribution in [0.4, 0.5) is 0 Å². The van der Waals surface area contributed by atoms with Gasteiger partial charge in [-0.25, -0.2) is 0 Å². The molecule has 0 aliphatic carbocycles. The Morgan fingerprint density at radius 2 is 1.89 bits per heavy atom. The Morgan fingerprint density at radius 1 is 1.17 bits per heavy atom. The summed E-state index contributed by atoms with van der Waals surface area (Å²) in [6, 6.07) is 7.70. The molecule has 4 heteroatoms. The van der Waals surface area contributed by atoms with Crippen LogP contribution in [-0.2, 0) is 6.61 Å². The number of quaternary nitrogens is 2. The van der Waals surface area contributed by atoms with Crippen LogP contribution in [-0.4, -0.2) is 51.5 Å². The molecule has 1 heterocycles. The van der Waals surface area contributed by atoms with E-state index in [4.69, 9.17) is 4.74 Å². The molecule has 0 amide bonds. The quantitative estimate of drug-likeness (QED) is 0.565. The van der Waals surface area contributed by atoms with Crippen molar-refractivity contribution >= 4 is 0 Å². The van der Waals surface area contributed by atoms with Gasteiger partial charge in [-0.05, 0) is 6.07 Å². The minimum Gasteiger partial charge on any atom is -0.487 e. The van der Waals surface area contributed by atoms with Crippen molar-refractivity contribution in [1.82, 2.24) is 0 Å². The van der Waals surface area contributed by atoms with E-state index < -0.39 is 0 Å². The zero-order valence-corrected chi connectivity index (χ0v) is 11.1.